The maximum Gasteiger partial charge on any atom is 0.255 e. The lowest BCUT2D eigenvalue weighted by atomic mass is 9.72. The lowest BCUT2D eigenvalue weighted by molar-refractivity contribution is 0.0947. The van der Waals surface area contributed by atoms with Gasteiger partial charge in [0.2, 0.25) is 0 Å². The summed E-state index contributed by atoms with van der Waals surface area (Å²) in [5.41, 5.74) is 2.91. The summed E-state index contributed by atoms with van der Waals surface area (Å²) in [5, 5.41) is 3.76. The van der Waals surface area contributed by atoms with Crippen LogP contribution >= 0.6 is 11.3 Å². The number of hydrogen-bond acceptors (Lipinski definition) is 6. The molecule has 0 saturated heterocycles. The zero-order valence-corrected chi connectivity index (χ0v) is 23.0. The topological polar surface area (TPSA) is 73.1 Å². The Hall–Kier alpha value is -3.32. The van der Waals surface area contributed by atoms with Gasteiger partial charge >= 0.3 is 0 Å². The predicted octanol–water partition coefficient (Wildman–Crippen LogP) is 7.14. The Bertz CT molecular complexity index is 1250. The monoisotopic (exact) mass is 520 g/mol. The Morgan fingerprint density at radius 2 is 2.11 bits per heavy atom. The van der Waals surface area contributed by atoms with Gasteiger partial charge in [-0.15, -0.1) is 11.3 Å². The Morgan fingerprint density at radius 1 is 1.27 bits per heavy atom. The number of aliphatic imine (C=N–C) groups is 1. The van der Waals surface area contributed by atoms with E-state index in [9.17, 15) is 4.79 Å². The van der Waals surface area contributed by atoms with Crippen molar-refractivity contribution < 1.29 is 18.7 Å². The Morgan fingerprint density at radius 3 is 2.81 bits per heavy atom. The van der Waals surface area contributed by atoms with Gasteiger partial charge in [-0.1, -0.05) is 33.4 Å². The van der Waals surface area contributed by atoms with Gasteiger partial charge in [-0.25, -0.2) is 4.99 Å². The van der Waals surface area contributed by atoms with Crippen LogP contribution < -0.4 is 14.8 Å². The second-order valence-electron chi connectivity index (χ2n) is 10.2. The smallest absolute Gasteiger partial charge is 0.255 e. The maximum absolute atomic E-state index is 13.4. The summed E-state index contributed by atoms with van der Waals surface area (Å²) in [6.07, 6.45) is 8.03. The molecule has 0 saturated carbocycles. The van der Waals surface area contributed by atoms with Crippen molar-refractivity contribution in [3.05, 3.63) is 76.6 Å². The van der Waals surface area contributed by atoms with Gasteiger partial charge in [0.25, 0.3) is 5.91 Å². The highest BCUT2D eigenvalue weighted by atomic mass is 32.1. The fraction of sp³-hybridized carbons (Fsp3) is 0.400. The zero-order valence-electron chi connectivity index (χ0n) is 22.1. The number of carbonyl (C=O) groups is 1. The van der Waals surface area contributed by atoms with E-state index in [1.54, 1.807) is 29.9 Å². The number of thiophene rings is 1. The summed E-state index contributed by atoms with van der Waals surface area (Å²) in [5.74, 6) is 2.50. The van der Waals surface area contributed by atoms with Crippen LogP contribution in [0.4, 0.5) is 5.00 Å². The highest BCUT2D eigenvalue weighted by Gasteiger charge is 2.33. The minimum absolute atomic E-state index is 0.113. The van der Waals surface area contributed by atoms with E-state index < -0.39 is 0 Å². The number of benzene rings is 1. The molecule has 1 atom stereocenters. The van der Waals surface area contributed by atoms with Crippen LogP contribution in [0.25, 0.3) is 0 Å². The Balaban J connectivity index is 1.64. The molecule has 1 N–H and O–H groups in total. The van der Waals surface area contributed by atoms with Crippen LogP contribution in [0, 0.1) is 11.3 Å². The molecule has 1 aromatic carbocycles. The van der Waals surface area contributed by atoms with Gasteiger partial charge in [-0.05, 0) is 79.0 Å². The van der Waals surface area contributed by atoms with Gasteiger partial charge in [-0.3, -0.25) is 4.79 Å². The third-order valence-corrected chi connectivity index (χ3v) is 7.82. The van der Waals surface area contributed by atoms with Gasteiger partial charge in [0, 0.05) is 11.1 Å². The molecule has 1 aliphatic carbocycles. The van der Waals surface area contributed by atoms with Crippen molar-refractivity contribution in [1.29, 1.82) is 0 Å². The molecule has 3 aromatic rings. The second-order valence-corrected chi connectivity index (χ2v) is 11.3. The zero-order chi connectivity index (χ0) is 26.4. The predicted molar refractivity (Wildman–Crippen MR) is 150 cm³/mol. The van der Waals surface area contributed by atoms with E-state index >= 15 is 0 Å². The molecule has 2 aromatic heterocycles. The average molecular weight is 521 g/mol. The molecular formula is C30H36N2O4S. The largest absolute Gasteiger partial charge is 0.490 e. The second kappa shape index (κ2) is 11.8. The summed E-state index contributed by atoms with van der Waals surface area (Å²) in [6, 6.07) is 9.39. The molecule has 4 rings (SSSR count). The minimum atomic E-state index is -0.113. The molecule has 0 bridgehead atoms. The summed E-state index contributed by atoms with van der Waals surface area (Å²) in [4.78, 5) is 19.5. The van der Waals surface area contributed by atoms with Crippen LogP contribution in [0.5, 0.6) is 11.5 Å². The number of nitrogens with zero attached hydrogens (tertiary/aromatic N) is 1. The van der Waals surface area contributed by atoms with Gasteiger partial charge in [0.15, 0.2) is 11.5 Å². The van der Waals surface area contributed by atoms with Crippen molar-refractivity contribution in [2.45, 2.75) is 53.5 Å². The fourth-order valence-corrected chi connectivity index (χ4v) is 5.85. The van der Waals surface area contributed by atoms with E-state index in [1.165, 1.54) is 4.88 Å². The summed E-state index contributed by atoms with van der Waals surface area (Å²) in [7, 11) is 0. The Labute approximate surface area is 223 Å². The summed E-state index contributed by atoms with van der Waals surface area (Å²) in [6.45, 7) is 13.8. The highest BCUT2D eigenvalue weighted by Crippen LogP contribution is 2.45. The molecule has 2 heterocycles. The molecule has 0 spiro atoms. The standard InChI is InChI=1S/C30H36N2O4S/c1-6-14-36-24-13-10-20(16-25(24)34-7-2)18-32-29-27(28(33)31-19-22-9-8-15-35-22)23-12-11-21(30(3,4)5)17-26(23)37-29/h6,8-10,13,15-16,18,21H,1,7,11-12,14,17,19H2,2-5H3,(H,31,33)/t21-/m0/s1. The van der Waals surface area contributed by atoms with Crippen LogP contribution in [0.3, 0.4) is 0 Å². The number of rotatable bonds is 10. The van der Waals surface area contributed by atoms with E-state index in [2.05, 4.69) is 32.7 Å². The summed E-state index contributed by atoms with van der Waals surface area (Å²) >= 11 is 1.63. The minimum Gasteiger partial charge on any atom is -0.490 e. The molecule has 1 amide bonds. The van der Waals surface area contributed by atoms with Crippen LogP contribution in [0.15, 0.2) is 58.7 Å². The normalized spacial score (nSPS) is 15.4. The molecule has 0 unspecified atom stereocenters. The third-order valence-electron chi connectivity index (χ3n) is 6.66. The molecular weight excluding hydrogens is 484 g/mol. The van der Waals surface area contributed by atoms with E-state index in [0.717, 1.165) is 41.2 Å². The first-order valence-corrected chi connectivity index (χ1v) is 13.6. The fourth-order valence-electron chi connectivity index (χ4n) is 4.58. The maximum atomic E-state index is 13.4. The first-order valence-electron chi connectivity index (χ1n) is 12.8. The van der Waals surface area contributed by atoms with Crippen molar-refractivity contribution in [3.63, 3.8) is 0 Å². The molecule has 1 aliphatic rings. The number of furan rings is 1. The van der Waals surface area contributed by atoms with E-state index in [1.807, 2.05) is 37.3 Å². The van der Waals surface area contributed by atoms with Gasteiger partial charge in [-0.2, -0.15) is 0 Å². The first-order chi connectivity index (χ1) is 17.8. The highest BCUT2D eigenvalue weighted by molar-refractivity contribution is 7.16. The molecule has 37 heavy (non-hydrogen) atoms. The molecule has 7 heteroatoms. The van der Waals surface area contributed by atoms with Gasteiger partial charge < -0.3 is 19.2 Å². The number of ether oxygens (including phenoxy) is 2. The first kappa shape index (κ1) is 26.7. The van der Waals surface area contributed by atoms with E-state index in [0.29, 0.717) is 42.7 Å². The number of fused-ring (bicyclic) bond motifs is 1. The van der Waals surface area contributed by atoms with Gasteiger partial charge in [0.05, 0.1) is 25.0 Å². The van der Waals surface area contributed by atoms with Crippen LogP contribution in [0.2, 0.25) is 0 Å². The summed E-state index contributed by atoms with van der Waals surface area (Å²) < 4.78 is 16.9. The molecule has 196 valence electrons. The quantitative estimate of drug-likeness (QED) is 0.228. The molecule has 6 nitrogen and oxygen atoms in total. The van der Waals surface area contributed by atoms with Crippen molar-refractivity contribution in [1.82, 2.24) is 5.32 Å². The number of nitrogens with one attached hydrogen (secondary N) is 1. The van der Waals surface area contributed by atoms with Gasteiger partial charge in [0.1, 0.15) is 17.4 Å². The lowest BCUT2D eigenvalue weighted by Gasteiger charge is -2.33. The number of amides is 1. The molecule has 0 aliphatic heterocycles. The lowest BCUT2D eigenvalue weighted by Crippen LogP contribution is -2.28. The van der Waals surface area contributed by atoms with Crippen molar-refractivity contribution in [2.75, 3.05) is 13.2 Å². The van der Waals surface area contributed by atoms with E-state index in [4.69, 9.17) is 18.9 Å². The van der Waals surface area contributed by atoms with Crippen LogP contribution in [-0.4, -0.2) is 25.3 Å². The molecule has 0 radical (unpaired) electrons. The van der Waals surface area contributed by atoms with Crippen molar-refractivity contribution >= 4 is 28.5 Å². The SMILES string of the molecule is C=CCOc1ccc(C=Nc2sc3c(c2C(=O)NCc2ccco2)CC[C@H](C(C)(C)C)C3)cc1OCC. The number of hydrogen-bond donors (Lipinski definition) is 1. The van der Waals surface area contributed by atoms with E-state index in [-0.39, 0.29) is 11.3 Å². The molecule has 0 fully saturated rings. The average Bonchev–Trinajstić information content (AvgIpc) is 3.52. The van der Waals surface area contributed by atoms with Crippen LogP contribution in [0.1, 0.15) is 66.2 Å². The van der Waals surface area contributed by atoms with Crippen molar-refractivity contribution in [3.8, 4) is 11.5 Å². The number of carbonyl (C=O) groups excluding carboxylic acids is 1. The van der Waals surface area contributed by atoms with Crippen molar-refractivity contribution in [2.24, 2.45) is 16.3 Å². The Kier molecular flexibility index (Phi) is 8.54. The third kappa shape index (κ3) is 6.52. The van der Waals surface area contributed by atoms with Crippen LogP contribution in [-0.2, 0) is 19.4 Å².